The Bertz CT molecular complexity index is 350. The Morgan fingerprint density at radius 1 is 1.33 bits per heavy atom. The van der Waals surface area contributed by atoms with E-state index in [1.54, 1.807) is 0 Å². The molecule has 102 valence electrons. The first-order valence-corrected chi connectivity index (χ1v) is 7.51. The molecule has 18 heavy (non-hydrogen) atoms. The summed E-state index contributed by atoms with van der Waals surface area (Å²) < 4.78 is 2.00. The predicted molar refractivity (Wildman–Crippen MR) is 75.5 cm³/mol. The van der Waals surface area contributed by atoms with Gasteiger partial charge in [-0.3, -0.25) is 4.68 Å². The van der Waals surface area contributed by atoms with Gasteiger partial charge in [0.1, 0.15) is 0 Å². The van der Waals surface area contributed by atoms with E-state index in [1.807, 2.05) is 10.9 Å². The molecule has 0 amide bonds. The highest BCUT2D eigenvalue weighted by Gasteiger charge is 2.21. The smallest absolute Gasteiger partial charge is 0.0537 e. The first-order chi connectivity index (χ1) is 8.72. The Kier molecular flexibility index (Phi) is 4.81. The molecule has 3 nitrogen and oxygen atoms in total. The van der Waals surface area contributed by atoms with E-state index in [-0.39, 0.29) is 0 Å². The van der Waals surface area contributed by atoms with Crippen LogP contribution in [0.15, 0.2) is 12.4 Å². The lowest BCUT2D eigenvalue weighted by Gasteiger charge is -2.30. The fourth-order valence-corrected chi connectivity index (χ4v) is 2.96. The summed E-state index contributed by atoms with van der Waals surface area (Å²) in [5.41, 5.74) is 1.31. The third-order valence-electron chi connectivity index (χ3n) is 4.39. The van der Waals surface area contributed by atoms with Crippen LogP contribution in [-0.4, -0.2) is 15.8 Å². The normalized spacial score (nSPS) is 26.2. The maximum atomic E-state index is 4.35. The van der Waals surface area contributed by atoms with Crippen LogP contribution in [0, 0.1) is 5.92 Å². The standard InChI is InChI=1S/C15H27N3/c1-4-13-6-8-15(9-7-13)17-12(3)14-10-16-18(5-2)11-14/h10-13,15,17H,4-9H2,1-3H3. The number of rotatable bonds is 5. The van der Waals surface area contributed by atoms with E-state index in [1.165, 1.54) is 37.7 Å². The monoisotopic (exact) mass is 249 g/mol. The van der Waals surface area contributed by atoms with Crippen LogP contribution in [0.5, 0.6) is 0 Å². The molecule has 1 atom stereocenters. The molecule has 1 aromatic rings. The molecule has 1 aliphatic carbocycles. The lowest BCUT2D eigenvalue weighted by Crippen LogP contribution is -2.34. The van der Waals surface area contributed by atoms with E-state index in [0.717, 1.165) is 12.5 Å². The number of aryl methyl sites for hydroxylation is 1. The van der Waals surface area contributed by atoms with E-state index < -0.39 is 0 Å². The van der Waals surface area contributed by atoms with Crippen molar-refractivity contribution in [1.82, 2.24) is 15.1 Å². The molecule has 0 aromatic carbocycles. The summed E-state index contributed by atoms with van der Waals surface area (Å²) in [5, 5.41) is 8.11. The van der Waals surface area contributed by atoms with Crippen LogP contribution in [0.4, 0.5) is 0 Å². The van der Waals surface area contributed by atoms with E-state index in [0.29, 0.717) is 12.1 Å². The molecule has 0 aliphatic heterocycles. The first-order valence-electron chi connectivity index (χ1n) is 7.51. The molecular weight excluding hydrogens is 222 g/mol. The van der Waals surface area contributed by atoms with Crippen LogP contribution in [0.1, 0.15) is 64.5 Å². The minimum Gasteiger partial charge on any atom is -0.307 e. The number of aromatic nitrogens is 2. The Balaban J connectivity index is 1.82. The van der Waals surface area contributed by atoms with Gasteiger partial charge in [0.25, 0.3) is 0 Å². The van der Waals surface area contributed by atoms with Crippen molar-refractivity contribution < 1.29 is 0 Å². The Hall–Kier alpha value is -0.830. The summed E-state index contributed by atoms with van der Waals surface area (Å²) in [6.07, 6.45) is 11.0. The highest BCUT2D eigenvalue weighted by atomic mass is 15.3. The third kappa shape index (κ3) is 3.35. The molecule has 0 spiro atoms. The summed E-state index contributed by atoms with van der Waals surface area (Å²) in [6, 6.07) is 1.13. The molecule has 3 heteroatoms. The molecule has 1 aliphatic rings. The number of hydrogen-bond donors (Lipinski definition) is 1. The van der Waals surface area contributed by atoms with Crippen molar-refractivity contribution in [2.45, 2.75) is 71.5 Å². The molecular formula is C15H27N3. The number of nitrogens with zero attached hydrogens (tertiary/aromatic N) is 2. The average molecular weight is 249 g/mol. The van der Waals surface area contributed by atoms with Crippen LogP contribution in [0.2, 0.25) is 0 Å². The van der Waals surface area contributed by atoms with E-state index in [4.69, 9.17) is 0 Å². The zero-order valence-corrected chi connectivity index (χ0v) is 12.0. The van der Waals surface area contributed by atoms with Crippen molar-refractivity contribution in [3.8, 4) is 0 Å². The van der Waals surface area contributed by atoms with Gasteiger partial charge in [0.15, 0.2) is 0 Å². The fraction of sp³-hybridized carbons (Fsp3) is 0.800. The highest BCUT2D eigenvalue weighted by Crippen LogP contribution is 2.27. The van der Waals surface area contributed by atoms with E-state index in [9.17, 15) is 0 Å². The second-order valence-electron chi connectivity index (χ2n) is 5.64. The summed E-state index contributed by atoms with van der Waals surface area (Å²) in [6.45, 7) is 7.65. The second-order valence-corrected chi connectivity index (χ2v) is 5.64. The maximum Gasteiger partial charge on any atom is 0.0537 e. The van der Waals surface area contributed by atoms with Crippen LogP contribution in [0.25, 0.3) is 0 Å². The van der Waals surface area contributed by atoms with Gasteiger partial charge in [0.2, 0.25) is 0 Å². The van der Waals surface area contributed by atoms with Crippen LogP contribution >= 0.6 is 0 Å². The number of nitrogens with one attached hydrogen (secondary N) is 1. The molecule has 1 fully saturated rings. The molecule has 0 radical (unpaired) electrons. The Labute approximate surface area is 111 Å². The van der Waals surface area contributed by atoms with Crippen LogP contribution in [-0.2, 0) is 6.54 Å². The average Bonchev–Trinajstić information content (AvgIpc) is 2.88. The zero-order valence-electron chi connectivity index (χ0n) is 12.0. The van der Waals surface area contributed by atoms with E-state index in [2.05, 4.69) is 37.4 Å². The van der Waals surface area contributed by atoms with Crippen LogP contribution < -0.4 is 5.32 Å². The van der Waals surface area contributed by atoms with Crippen molar-refractivity contribution in [1.29, 1.82) is 0 Å². The fourth-order valence-electron chi connectivity index (χ4n) is 2.96. The predicted octanol–water partition coefficient (Wildman–Crippen LogP) is 3.52. The van der Waals surface area contributed by atoms with Crippen molar-refractivity contribution in [2.24, 2.45) is 5.92 Å². The molecule has 2 rings (SSSR count). The van der Waals surface area contributed by atoms with Gasteiger partial charge in [0, 0.05) is 30.4 Å². The van der Waals surface area contributed by atoms with Gasteiger partial charge in [0.05, 0.1) is 6.20 Å². The summed E-state index contributed by atoms with van der Waals surface area (Å²) in [4.78, 5) is 0. The summed E-state index contributed by atoms with van der Waals surface area (Å²) in [7, 11) is 0. The van der Waals surface area contributed by atoms with Gasteiger partial charge in [-0.1, -0.05) is 13.3 Å². The molecule has 1 unspecified atom stereocenters. The third-order valence-corrected chi connectivity index (χ3v) is 4.39. The summed E-state index contributed by atoms with van der Waals surface area (Å²) >= 11 is 0. The van der Waals surface area contributed by atoms with E-state index >= 15 is 0 Å². The van der Waals surface area contributed by atoms with Crippen molar-refractivity contribution in [3.63, 3.8) is 0 Å². The zero-order chi connectivity index (χ0) is 13.0. The lowest BCUT2D eigenvalue weighted by molar-refractivity contribution is 0.273. The van der Waals surface area contributed by atoms with Crippen molar-refractivity contribution in [2.75, 3.05) is 0 Å². The molecule has 1 aromatic heterocycles. The first kappa shape index (κ1) is 13.6. The topological polar surface area (TPSA) is 29.9 Å². The molecule has 1 saturated carbocycles. The van der Waals surface area contributed by atoms with Crippen molar-refractivity contribution >= 4 is 0 Å². The highest BCUT2D eigenvalue weighted by molar-refractivity contribution is 5.09. The molecule has 0 bridgehead atoms. The van der Waals surface area contributed by atoms with Gasteiger partial charge in [-0.25, -0.2) is 0 Å². The second kappa shape index (κ2) is 6.37. The van der Waals surface area contributed by atoms with Crippen molar-refractivity contribution in [3.05, 3.63) is 18.0 Å². The minimum absolute atomic E-state index is 0.425. The molecule has 0 saturated heterocycles. The molecule has 1 heterocycles. The van der Waals surface area contributed by atoms with Gasteiger partial charge < -0.3 is 5.32 Å². The van der Waals surface area contributed by atoms with Crippen LogP contribution in [0.3, 0.4) is 0 Å². The molecule has 1 N–H and O–H groups in total. The maximum absolute atomic E-state index is 4.35. The van der Waals surface area contributed by atoms with Gasteiger partial charge in [-0.05, 0) is 45.4 Å². The largest absolute Gasteiger partial charge is 0.307 e. The quantitative estimate of drug-likeness (QED) is 0.865. The van der Waals surface area contributed by atoms with Gasteiger partial charge >= 0.3 is 0 Å². The van der Waals surface area contributed by atoms with Gasteiger partial charge in [-0.15, -0.1) is 0 Å². The SMILES string of the molecule is CCC1CCC(NC(C)c2cnn(CC)c2)CC1. The Morgan fingerprint density at radius 3 is 2.61 bits per heavy atom. The number of hydrogen-bond acceptors (Lipinski definition) is 2. The summed E-state index contributed by atoms with van der Waals surface area (Å²) in [5.74, 6) is 0.973. The van der Waals surface area contributed by atoms with Gasteiger partial charge in [-0.2, -0.15) is 5.10 Å². The Morgan fingerprint density at radius 2 is 2.06 bits per heavy atom. The lowest BCUT2D eigenvalue weighted by atomic mass is 9.84. The minimum atomic E-state index is 0.425.